The number of carbonyl (C=O) groups is 1. The largest absolute Gasteiger partial charge is 0.322 e. The zero-order chi connectivity index (χ0) is 18.3. The average molecular weight is 367 g/mol. The molecule has 0 spiro atoms. The summed E-state index contributed by atoms with van der Waals surface area (Å²) in [5.74, 6) is 1.36. The Labute approximate surface area is 156 Å². The van der Waals surface area contributed by atoms with Gasteiger partial charge < -0.3 is 10.2 Å². The number of amides is 2. The highest BCUT2D eigenvalue weighted by molar-refractivity contribution is 7.18. The van der Waals surface area contributed by atoms with Crippen LogP contribution >= 0.6 is 11.3 Å². The molecule has 1 aliphatic heterocycles. The third-order valence-corrected chi connectivity index (χ3v) is 5.28. The number of aromatic nitrogens is 3. The predicted octanol–water partition coefficient (Wildman–Crippen LogP) is 4.14. The van der Waals surface area contributed by atoms with Crippen LogP contribution in [0.4, 0.5) is 10.5 Å². The number of rotatable bonds is 3. The van der Waals surface area contributed by atoms with Crippen LogP contribution in [0, 0.1) is 12.8 Å². The Morgan fingerprint density at radius 1 is 1.31 bits per heavy atom. The Hall–Kier alpha value is -2.54. The van der Waals surface area contributed by atoms with Gasteiger partial charge in [0.25, 0.3) is 0 Å². The molecule has 0 unspecified atom stereocenters. The Morgan fingerprint density at radius 2 is 2.15 bits per heavy atom. The summed E-state index contributed by atoms with van der Waals surface area (Å²) >= 11 is 1.65. The molecule has 2 aromatic heterocycles. The molecule has 2 amide bonds. The summed E-state index contributed by atoms with van der Waals surface area (Å²) < 4.78 is 1.13. The number of fused-ring (bicyclic) bond motifs is 2. The number of hydrogen-bond donors (Lipinski definition) is 1. The van der Waals surface area contributed by atoms with Crippen LogP contribution in [0.25, 0.3) is 10.2 Å². The van der Waals surface area contributed by atoms with E-state index in [0.29, 0.717) is 19.0 Å². The second kappa shape index (κ2) is 6.64. The highest BCUT2D eigenvalue weighted by Gasteiger charge is 2.25. The van der Waals surface area contributed by atoms with E-state index in [1.54, 1.807) is 16.2 Å². The molecule has 1 aliphatic rings. The Morgan fingerprint density at radius 3 is 2.96 bits per heavy atom. The van der Waals surface area contributed by atoms with E-state index < -0.39 is 0 Å². The van der Waals surface area contributed by atoms with Crippen molar-refractivity contribution in [3.8, 4) is 0 Å². The van der Waals surface area contributed by atoms with Crippen LogP contribution in [0.15, 0.2) is 24.4 Å². The van der Waals surface area contributed by atoms with Gasteiger partial charge in [0.1, 0.15) is 5.82 Å². The van der Waals surface area contributed by atoms with Crippen LogP contribution in [0.2, 0.25) is 0 Å². The maximum absolute atomic E-state index is 12.6. The lowest BCUT2D eigenvalue weighted by atomic mass is 10.1. The van der Waals surface area contributed by atoms with E-state index in [-0.39, 0.29) is 6.03 Å². The first-order valence-electron chi connectivity index (χ1n) is 8.74. The fraction of sp³-hybridized carbons (Fsp3) is 0.368. The molecule has 134 valence electrons. The molecule has 0 saturated carbocycles. The van der Waals surface area contributed by atoms with E-state index >= 15 is 0 Å². The number of nitrogens with zero attached hydrogens (tertiary/aromatic N) is 4. The maximum Gasteiger partial charge on any atom is 0.322 e. The third kappa shape index (κ3) is 3.39. The lowest BCUT2D eigenvalue weighted by Gasteiger charge is -2.16. The number of aryl methyl sites for hydroxylation is 1. The Kier molecular flexibility index (Phi) is 4.32. The fourth-order valence-corrected chi connectivity index (χ4v) is 3.93. The molecule has 1 aromatic carbocycles. The molecule has 3 heterocycles. The van der Waals surface area contributed by atoms with Crippen molar-refractivity contribution >= 4 is 33.3 Å². The minimum atomic E-state index is -0.125. The van der Waals surface area contributed by atoms with Gasteiger partial charge in [-0.05, 0) is 31.0 Å². The lowest BCUT2D eigenvalue weighted by Crippen LogP contribution is -2.30. The zero-order valence-electron chi connectivity index (χ0n) is 15.1. The van der Waals surface area contributed by atoms with Gasteiger partial charge in [0, 0.05) is 23.9 Å². The van der Waals surface area contributed by atoms with E-state index in [4.69, 9.17) is 0 Å². The van der Waals surface area contributed by atoms with Crippen molar-refractivity contribution < 1.29 is 4.79 Å². The van der Waals surface area contributed by atoms with Crippen molar-refractivity contribution in [2.45, 2.75) is 40.3 Å². The standard InChI is InChI=1S/C19H21N5OS/c1-11(2)6-18-20-8-13-9-24(10-16(13)23-18)19(25)22-14-4-5-17-15(7-14)21-12(3)26-17/h4-5,7-8,11H,6,9-10H2,1-3H3,(H,22,25). The van der Waals surface area contributed by atoms with Crippen molar-refractivity contribution in [1.29, 1.82) is 0 Å². The number of carbonyl (C=O) groups excluding carboxylic acids is 1. The van der Waals surface area contributed by atoms with Crippen LogP contribution in [0.5, 0.6) is 0 Å². The molecular formula is C19H21N5OS. The first-order valence-corrected chi connectivity index (χ1v) is 9.56. The van der Waals surface area contributed by atoms with E-state index in [0.717, 1.165) is 44.4 Å². The second-order valence-electron chi connectivity index (χ2n) is 7.06. The van der Waals surface area contributed by atoms with Gasteiger partial charge in [0.05, 0.1) is 34.0 Å². The predicted molar refractivity (Wildman–Crippen MR) is 103 cm³/mol. The number of anilines is 1. The Balaban J connectivity index is 1.46. The van der Waals surface area contributed by atoms with Gasteiger partial charge in [-0.15, -0.1) is 11.3 Å². The van der Waals surface area contributed by atoms with Gasteiger partial charge >= 0.3 is 6.03 Å². The minimum Gasteiger partial charge on any atom is -0.314 e. The number of benzene rings is 1. The van der Waals surface area contributed by atoms with E-state index in [9.17, 15) is 4.79 Å². The SMILES string of the molecule is Cc1nc2cc(NC(=O)N3Cc4cnc(CC(C)C)nc4C3)ccc2s1. The van der Waals surface area contributed by atoms with Gasteiger partial charge in [-0.3, -0.25) is 0 Å². The minimum absolute atomic E-state index is 0.125. The number of urea groups is 1. The molecule has 1 N–H and O–H groups in total. The molecule has 0 fully saturated rings. The first-order chi connectivity index (χ1) is 12.5. The van der Waals surface area contributed by atoms with E-state index in [2.05, 4.69) is 34.1 Å². The first kappa shape index (κ1) is 16.9. The number of hydrogen-bond acceptors (Lipinski definition) is 5. The molecule has 0 aliphatic carbocycles. The summed E-state index contributed by atoms with van der Waals surface area (Å²) in [6.45, 7) is 7.35. The van der Waals surface area contributed by atoms with Crippen LogP contribution in [-0.4, -0.2) is 25.9 Å². The summed E-state index contributed by atoms with van der Waals surface area (Å²) in [5, 5.41) is 3.99. The van der Waals surface area contributed by atoms with Crippen LogP contribution < -0.4 is 5.32 Å². The van der Waals surface area contributed by atoms with Gasteiger partial charge in [-0.1, -0.05) is 13.8 Å². The molecular weight excluding hydrogens is 346 g/mol. The summed E-state index contributed by atoms with van der Waals surface area (Å²) in [4.78, 5) is 27.9. The summed E-state index contributed by atoms with van der Waals surface area (Å²) in [6.07, 6.45) is 2.71. The van der Waals surface area contributed by atoms with Gasteiger partial charge in [-0.25, -0.2) is 19.7 Å². The maximum atomic E-state index is 12.6. The molecule has 6 nitrogen and oxygen atoms in total. The van der Waals surface area contributed by atoms with Crippen molar-refractivity contribution in [2.24, 2.45) is 5.92 Å². The van der Waals surface area contributed by atoms with Gasteiger partial charge in [0.2, 0.25) is 0 Å². The van der Waals surface area contributed by atoms with Crippen LogP contribution in [0.1, 0.15) is 35.9 Å². The van der Waals surface area contributed by atoms with Crippen molar-refractivity contribution in [3.63, 3.8) is 0 Å². The molecule has 0 atom stereocenters. The molecule has 0 radical (unpaired) electrons. The smallest absolute Gasteiger partial charge is 0.314 e. The summed E-state index contributed by atoms with van der Waals surface area (Å²) in [7, 11) is 0. The monoisotopic (exact) mass is 367 g/mol. The summed E-state index contributed by atoms with van der Waals surface area (Å²) in [5.41, 5.74) is 3.66. The van der Waals surface area contributed by atoms with Crippen molar-refractivity contribution in [3.05, 3.63) is 46.5 Å². The summed E-state index contributed by atoms with van der Waals surface area (Å²) in [6, 6.07) is 5.71. The van der Waals surface area contributed by atoms with Crippen molar-refractivity contribution in [1.82, 2.24) is 19.9 Å². The highest BCUT2D eigenvalue weighted by atomic mass is 32.1. The lowest BCUT2D eigenvalue weighted by molar-refractivity contribution is 0.212. The average Bonchev–Trinajstić information content (AvgIpc) is 3.15. The molecule has 3 aromatic rings. The third-order valence-electron chi connectivity index (χ3n) is 4.33. The second-order valence-corrected chi connectivity index (χ2v) is 8.29. The highest BCUT2D eigenvalue weighted by Crippen LogP contribution is 2.26. The fourth-order valence-electron chi connectivity index (χ4n) is 3.12. The van der Waals surface area contributed by atoms with Gasteiger partial charge in [-0.2, -0.15) is 0 Å². The number of nitrogens with one attached hydrogen (secondary N) is 1. The zero-order valence-corrected chi connectivity index (χ0v) is 15.9. The van der Waals surface area contributed by atoms with E-state index in [1.165, 1.54) is 0 Å². The van der Waals surface area contributed by atoms with E-state index in [1.807, 2.05) is 31.3 Å². The quantitative estimate of drug-likeness (QED) is 0.755. The number of thiazole rings is 1. The molecule has 0 bridgehead atoms. The molecule has 4 rings (SSSR count). The molecule has 0 saturated heterocycles. The topological polar surface area (TPSA) is 71.0 Å². The van der Waals surface area contributed by atoms with Crippen LogP contribution in [-0.2, 0) is 19.5 Å². The Bertz CT molecular complexity index is 981. The van der Waals surface area contributed by atoms with Crippen LogP contribution in [0.3, 0.4) is 0 Å². The molecule has 26 heavy (non-hydrogen) atoms. The molecule has 7 heteroatoms. The normalized spacial score (nSPS) is 13.5. The van der Waals surface area contributed by atoms with Crippen molar-refractivity contribution in [2.75, 3.05) is 5.32 Å². The van der Waals surface area contributed by atoms with Gasteiger partial charge in [0.15, 0.2) is 0 Å².